The van der Waals surface area contributed by atoms with Crippen molar-refractivity contribution >= 4 is 21.7 Å². The van der Waals surface area contributed by atoms with Crippen LogP contribution in [-0.2, 0) is 13.1 Å². The molecule has 5 aromatic rings. The van der Waals surface area contributed by atoms with Gasteiger partial charge in [-0.1, -0.05) is 54.6 Å². The predicted octanol–water partition coefficient (Wildman–Crippen LogP) is 7.73. The zero-order valence-corrected chi connectivity index (χ0v) is 20.5. The Morgan fingerprint density at radius 2 is 1.77 bits per heavy atom. The smallest absolute Gasteiger partial charge is 0.126 e. The van der Waals surface area contributed by atoms with Crippen LogP contribution in [0.15, 0.2) is 91.1 Å². The van der Waals surface area contributed by atoms with E-state index >= 15 is 0 Å². The Labute approximate surface area is 207 Å². The topological polar surface area (TPSA) is 26.2 Å². The molecule has 4 aromatic carbocycles. The quantitative estimate of drug-likeness (QED) is 0.256. The SMILES string of the molecule is COc1ccc(CN[C@H](C)c2cccc3ccccc23)cc1-c1ccc2c(ccn2CC2CC2)c1. The first-order valence-electron chi connectivity index (χ1n) is 12.7. The third-order valence-corrected chi connectivity index (χ3v) is 7.40. The molecule has 1 atom stereocenters. The molecule has 1 heterocycles. The minimum atomic E-state index is 0.245. The molecule has 1 aliphatic rings. The summed E-state index contributed by atoms with van der Waals surface area (Å²) in [7, 11) is 1.75. The lowest BCUT2D eigenvalue weighted by molar-refractivity contribution is 0.416. The summed E-state index contributed by atoms with van der Waals surface area (Å²) in [5, 5.41) is 7.62. The number of nitrogens with zero attached hydrogens (tertiary/aromatic N) is 1. The van der Waals surface area contributed by atoms with Crippen molar-refractivity contribution in [2.24, 2.45) is 5.92 Å². The molecule has 176 valence electrons. The number of hydrogen-bond donors (Lipinski definition) is 1. The standard InChI is InChI=1S/C32H32N2O/c1-22(28-9-5-7-25-6-3-4-8-29(25)28)33-20-24-12-15-32(35-2)30(18-24)26-13-14-31-27(19-26)16-17-34(31)21-23-10-11-23/h3-9,12-19,22-23,33H,10-11,20-21H2,1-2H3/t22-/m1/s1. The van der Waals surface area contributed by atoms with Crippen LogP contribution >= 0.6 is 0 Å². The van der Waals surface area contributed by atoms with Crippen molar-refractivity contribution < 1.29 is 4.74 Å². The molecule has 1 aliphatic carbocycles. The van der Waals surface area contributed by atoms with Crippen LogP contribution in [0.5, 0.6) is 5.75 Å². The molecule has 1 N–H and O–H groups in total. The lowest BCUT2D eigenvalue weighted by Crippen LogP contribution is -2.18. The van der Waals surface area contributed by atoms with Gasteiger partial charge in [-0.25, -0.2) is 0 Å². The molecule has 1 saturated carbocycles. The maximum absolute atomic E-state index is 5.75. The van der Waals surface area contributed by atoms with Gasteiger partial charge < -0.3 is 14.6 Å². The fourth-order valence-corrected chi connectivity index (χ4v) is 5.21. The maximum Gasteiger partial charge on any atom is 0.126 e. The van der Waals surface area contributed by atoms with E-state index in [1.807, 2.05) is 0 Å². The zero-order chi connectivity index (χ0) is 23.8. The average molecular weight is 461 g/mol. The van der Waals surface area contributed by atoms with Crippen LogP contribution in [-0.4, -0.2) is 11.7 Å². The summed E-state index contributed by atoms with van der Waals surface area (Å²) < 4.78 is 8.16. The number of ether oxygens (including phenoxy) is 1. The van der Waals surface area contributed by atoms with E-state index in [1.165, 1.54) is 51.2 Å². The number of fused-ring (bicyclic) bond motifs is 2. The number of nitrogens with one attached hydrogen (secondary N) is 1. The second-order valence-corrected chi connectivity index (χ2v) is 9.89. The van der Waals surface area contributed by atoms with E-state index < -0.39 is 0 Å². The summed E-state index contributed by atoms with van der Waals surface area (Å²) in [4.78, 5) is 0. The Morgan fingerprint density at radius 1 is 0.914 bits per heavy atom. The molecule has 35 heavy (non-hydrogen) atoms. The maximum atomic E-state index is 5.75. The van der Waals surface area contributed by atoms with Crippen molar-refractivity contribution in [1.29, 1.82) is 0 Å². The molecule has 1 aromatic heterocycles. The minimum absolute atomic E-state index is 0.245. The van der Waals surface area contributed by atoms with Crippen molar-refractivity contribution in [2.75, 3.05) is 7.11 Å². The van der Waals surface area contributed by atoms with E-state index in [1.54, 1.807) is 7.11 Å². The molecular formula is C32H32N2O. The van der Waals surface area contributed by atoms with Crippen LogP contribution in [0.1, 0.15) is 36.9 Å². The zero-order valence-electron chi connectivity index (χ0n) is 20.5. The van der Waals surface area contributed by atoms with Gasteiger partial charge in [-0.3, -0.25) is 0 Å². The number of hydrogen-bond acceptors (Lipinski definition) is 2. The van der Waals surface area contributed by atoms with Gasteiger partial charge in [0.15, 0.2) is 0 Å². The van der Waals surface area contributed by atoms with E-state index in [9.17, 15) is 0 Å². The van der Waals surface area contributed by atoms with Crippen LogP contribution in [0.2, 0.25) is 0 Å². The lowest BCUT2D eigenvalue weighted by Gasteiger charge is -2.18. The molecule has 0 aliphatic heterocycles. The van der Waals surface area contributed by atoms with E-state index in [4.69, 9.17) is 4.74 Å². The third-order valence-electron chi connectivity index (χ3n) is 7.40. The molecule has 0 amide bonds. The second-order valence-electron chi connectivity index (χ2n) is 9.89. The van der Waals surface area contributed by atoms with Crippen LogP contribution in [0.3, 0.4) is 0 Å². The highest BCUT2D eigenvalue weighted by molar-refractivity contribution is 5.87. The Kier molecular flexibility index (Phi) is 5.79. The van der Waals surface area contributed by atoms with Gasteiger partial charge in [-0.15, -0.1) is 0 Å². The highest BCUT2D eigenvalue weighted by Gasteiger charge is 2.22. The highest BCUT2D eigenvalue weighted by atomic mass is 16.5. The number of aromatic nitrogens is 1. The van der Waals surface area contributed by atoms with Crippen molar-refractivity contribution in [3.05, 3.63) is 102 Å². The van der Waals surface area contributed by atoms with Gasteiger partial charge in [0.2, 0.25) is 0 Å². The number of methoxy groups -OCH3 is 1. The van der Waals surface area contributed by atoms with Gasteiger partial charge in [0.1, 0.15) is 5.75 Å². The van der Waals surface area contributed by atoms with Crippen LogP contribution in [0, 0.1) is 5.92 Å². The minimum Gasteiger partial charge on any atom is -0.496 e. The van der Waals surface area contributed by atoms with E-state index in [-0.39, 0.29) is 6.04 Å². The summed E-state index contributed by atoms with van der Waals surface area (Å²) in [6.45, 7) is 4.18. The van der Waals surface area contributed by atoms with Gasteiger partial charge in [-0.2, -0.15) is 0 Å². The van der Waals surface area contributed by atoms with Crippen LogP contribution in [0.4, 0.5) is 0 Å². The monoisotopic (exact) mass is 460 g/mol. The summed E-state index contributed by atoms with van der Waals surface area (Å²) in [5.74, 6) is 1.78. The lowest BCUT2D eigenvalue weighted by atomic mass is 9.98. The van der Waals surface area contributed by atoms with Crippen molar-refractivity contribution in [2.45, 2.75) is 38.9 Å². The van der Waals surface area contributed by atoms with Crippen LogP contribution < -0.4 is 10.1 Å². The molecule has 0 saturated heterocycles. The Hall–Kier alpha value is -3.56. The molecule has 3 heteroatoms. The summed E-state index contributed by atoms with van der Waals surface area (Å²) in [5.41, 5.74) is 6.24. The Balaban J connectivity index is 1.25. The highest BCUT2D eigenvalue weighted by Crippen LogP contribution is 2.35. The van der Waals surface area contributed by atoms with Crippen molar-refractivity contribution in [3.63, 3.8) is 0 Å². The van der Waals surface area contributed by atoms with Crippen molar-refractivity contribution in [1.82, 2.24) is 9.88 Å². The first kappa shape index (κ1) is 21.9. The van der Waals surface area contributed by atoms with E-state index in [2.05, 4.69) is 108 Å². The van der Waals surface area contributed by atoms with Gasteiger partial charge in [0, 0.05) is 41.8 Å². The number of rotatable bonds is 8. The van der Waals surface area contributed by atoms with Gasteiger partial charge in [-0.05, 0) is 83.5 Å². The summed E-state index contributed by atoms with van der Waals surface area (Å²) in [6, 6.07) is 31.0. The average Bonchev–Trinajstić information content (AvgIpc) is 3.64. The first-order chi connectivity index (χ1) is 17.2. The normalized spacial score (nSPS) is 14.5. The molecule has 0 unspecified atom stereocenters. The third kappa shape index (κ3) is 4.44. The van der Waals surface area contributed by atoms with Gasteiger partial charge in [0.05, 0.1) is 7.11 Å². The van der Waals surface area contributed by atoms with Crippen molar-refractivity contribution in [3.8, 4) is 16.9 Å². The molecule has 6 rings (SSSR count). The molecule has 0 bridgehead atoms. The summed E-state index contributed by atoms with van der Waals surface area (Å²) in [6.07, 6.45) is 4.98. The van der Waals surface area contributed by atoms with Crippen LogP contribution in [0.25, 0.3) is 32.8 Å². The van der Waals surface area contributed by atoms with E-state index in [0.717, 1.165) is 30.3 Å². The van der Waals surface area contributed by atoms with Gasteiger partial charge >= 0.3 is 0 Å². The summed E-state index contributed by atoms with van der Waals surface area (Å²) >= 11 is 0. The largest absolute Gasteiger partial charge is 0.496 e. The van der Waals surface area contributed by atoms with E-state index in [0.29, 0.717) is 0 Å². The molecule has 1 fully saturated rings. The fraction of sp³-hybridized carbons (Fsp3) is 0.250. The second kappa shape index (κ2) is 9.24. The molecular weight excluding hydrogens is 428 g/mol. The fourth-order valence-electron chi connectivity index (χ4n) is 5.21. The molecule has 0 spiro atoms. The number of benzene rings is 4. The predicted molar refractivity (Wildman–Crippen MR) is 146 cm³/mol. The Bertz CT molecular complexity index is 1490. The Morgan fingerprint density at radius 3 is 2.63 bits per heavy atom. The molecule has 0 radical (unpaired) electrons. The molecule has 3 nitrogen and oxygen atoms in total. The van der Waals surface area contributed by atoms with Gasteiger partial charge in [0.25, 0.3) is 0 Å². The first-order valence-corrected chi connectivity index (χ1v) is 12.7.